The van der Waals surface area contributed by atoms with E-state index in [1.807, 2.05) is 12.3 Å². The first kappa shape index (κ1) is 17.0. The monoisotopic (exact) mass is 278 g/mol. The topological polar surface area (TPSA) is 34.1 Å². The molecule has 3 nitrogen and oxygen atoms in total. The molecule has 3 heteroatoms. The molecule has 0 aromatic carbocycles. The van der Waals surface area contributed by atoms with Gasteiger partial charge in [-0.15, -0.1) is 0 Å². The SMILES string of the molecule is CCCCC(CC)COCc1cccnc1NCCC. The fourth-order valence-electron chi connectivity index (χ4n) is 2.19. The van der Waals surface area contributed by atoms with E-state index in [2.05, 4.69) is 37.1 Å². The average Bonchev–Trinajstić information content (AvgIpc) is 2.49. The lowest BCUT2D eigenvalue weighted by molar-refractivity contribution is 0.0821. The minimum absolute atomic E-state index is 0.655. The molecule has 0 spiro atoms. The highest BCUT2D eigenvalue weighted by Crippen LogP contribution is 2.16. The van der Waals surface area contributed by atoms with Crippen LogP contribution in [0.5, 0.6) is 0 Å². The minimum atomic E-state index is 0.655. The molecule has 1 aromatic heterocycles. The summed E-state index contributed by atoms with van der Waals surface area (Å²) in [4.78, 5) is 4.39. The molecule has 0 aliphatic carbocycles. The van der Waals surface area contributed by atoms with Crippen molar-refractivity contribution in [1.29, 1.82) is 0 Å². The number of aromatic nitrogens is 1. The Balaban J connectivity index is 2.40. The van der Waals surface area contributed by atoms with Crippen LogP contribution in [0.1, 0.15) is 58.4 Å². The average molecular weight is 278 g/mol. The highest BCUT2D eigenvalue weighted by molar-refractivity contribution is 5.43. The van der Waals surface area contributed by atoms with Crippen molar-refractivity contribution in [2.75, 3.05) is 18.5 Å². The van der Waals surface area contributed by atoms with Crippen LogP contribution in [-0.4, -0.2) is 18.1 Å². The molecule has 114 valence electrons. The number of hydrogen-bond acceptors (Lipinski definition) is 3. The summed E-state index contributed by atoms with van der Waals surface area (Å²) in [6.45, 7) is 9.13. The van der Waals surface area contributed by atoms with Crippen LogP contribution in [0, 0.1) is 5.92 Å². The summed E-state index contributed by atoms with van der Waals surface area (Å²) in [6.07, 6.45) is 7.99. The van der Waals surface area contributed by atoms with Gasteiger partial charge in [-0.2, -0.15) is 0 Å². The lowest BCUT2D eigenvalue weighted by Gasteiger charge is -2.16. The zero-order valence-corrected chi connectivity index (χ0v) is 13.3. The van der Waals surface area contributed by atoms with Crippen molar-refractivity contribution in [1.82, 2.24) is 4.98 Å². The standard InChI is InChI=1S/C17H30N2O/c1-4-7-9-15(6-3)13-20-14-16-10-8-12-19-17(16)18-11-5-2/h8,10,12,15H,4-7,9,11,13-14H2,1-3H3,(H,18,19). The van der Waals surface area contributed by atoms with Gasteiger partial charge in [-0.05, 0) is 24.8 Å². The smallest absolute Gasteiger partial charge is 0.131 e. The highest BCUT2D eigenvalue weighted by atomic mass is 16.5. The van der Waals surface area contributed by atoms with Gasteiger partial charge in [0.2, 0.25) is 0 Å². The molecule has 1 aromatic rings. The molecule has 0 fully saturated rings. The van der Waals surface area contributed by atoms with Crippen molar-refractivity contribution in [3.63, 3.8) is 0 Å². The molecule has 0 amide bonds. The summed E-state index contributed by atoms with van der Waals surface area (Å²) in [6, 6.07) is 4.07. The number of ether oxygens (including phenoxy) is 1. The van der Waals surface area contributed by atoms with Crippen LogP contribution >= 0.6 is 0 Å². The number of unbranched alkanes of at least 4 members (excludes halogenated alkanes) is 1. The Bertz CT molecular complexity index is 355. The highest BCUT2D eigenvalue weighted by Gasteiger charge is 2.07. The fraction of sp³-hybridized carbons (Fsp3) is 0.706. The van der Waals surface area contributed by atoms with E-state index in [1.54, 1.807) is 0 Å². The van der Waals surface area contributed by atoms with E-state index in [-0.39, 0.29) is 0 Å². The van der Waals surface area contributed by atoms with Crippen molar-refractivity contribution in [2.24, 2.45) is 5.92 Å². The van der Waals surface area contributed by atoms with Gasteiger partial charge in [-0.25, -0.2) is 4.98 Å². The first-order chi connectivity index (χ1) is 9.81. The van der Waals surface area contributed by atoms with Crippen molar-refractivity contribution >= 4 is 5.82 Å². The number of nitrogens with one attached hydrogen (secondary N) is 1. The molecule has 0 radical (unpaired) electrons. The second-order valence-electron chi connectivity index (χ2n) is 5.37. The van der Waals surface area contributed by atoms with Crippen LogP contribution < -0.4 is 5.32 Å². The summed E-state index contributed by atoms with van der Waals surface area (Å²) in [7, 11) is 0. The van der Waals surface area contributed by atoms with E-state index < -0.39 is 0 Å². The number of nitrogens with zero attached hydrogens (tertiary/aromatic N) is 1. The van der Waals surface area contributed by atoms with Crippen LogP contribution in [0.3, 0.4) is 0 Å². The molecule has 1 heterocycles. The predicted octanol–water partition coefficient (Wildman–Crippen LogP) is 4.64. The second kappa shape index (κ2) is 10.7. The molecular formula is C17H30N2O. The summed E-state index contributed by atoms with van der Waals surface area (Å²) in [5.41, 5.74) is 1.16. The van der Waals surface area contributed by atoms with Gasteiger partial charge in [0.25, 0.3) is 0 Å². The number of hydrogen-bond donors (Lipinski definition) is 1. The van der Waals surface area contributed by atoms with Crippen molar-refractivity contribution in [3.05, 3.63) is 23.9 Å². The van der Waals surface area contributed by atoms with Crippen molar-refractivity contribution < 1.29 is 4.74 Å². The lowest BCUT2D eigenvalue weighted by atomic mass is 10.0. The van der Waals surface area contributed by atoms with Gasteiger partial charge in [0.05, 0.1) is 6.61 Å². The van der Waals surface area contributed by atoms with E-state index in [0.717, 1.165) is 31.0 Å². The number of rotatable bonds is 11. The molecule has 0 saturated carbocycles. The Morgan fingerprint density at radius 2 is 2.10 bits per heavy atom. The van der Waals surface area contributed by atoms with Gasteiger partial charge >= 0.3 is 0 Å². The third kappa shape index (κ3) is 6.38. The molecule has 1 unspecified atom stereocenters. The predicted molar refractivity (Wildman–Crippen MR) is 86.0 cm³/mol. The third-order valence-corrected chi connectivity index (χ3v) is 3.59. The zero-order valence-electron chi connectivity index (χ0n) is 13.3. The third-order valence-electron chi connectivity index (χ3n) is 3.59. The molecule has 1 rings (SSSR count). The Hall–Kier alpha value is -1.09. The molecule has 0 aliphatic rings. The van der Waals surface area contributed by atoms with Crippen LogP contribution in [0.2, 0.25) is 0 Å². The maximum Gasteiger partial charge on any atom is 0.131 e. The molecule has 20 heavy (non-hydrogen) atoms. The number of pyridine rings is 1. The quantitative estimate of drug-likeness (QED) is 0.640. The fourth-order valence-corrected chi connectivity index (χ4v) is 2.19. The first-order valence-corrected chi connectivity index (χ1v) is 8.07. The maximum absolute atomic E-state index is 5.91. The molecule has 1 N–H and O–H groups in total. The summed E-state index contributed by atoms with van der Waals surface area (Å²) >= 11 is 0. The minimum Gasteiger partial charge on any atom is -0.376 e. The van der Waals surface area contributed by atoms with Crippen LogP contribution in [-0.2, 0) is 11.3 Å². The summed E-state index contributed by atoms with van der Waals surface area (Å²) in [5.74, 6) is 1.66. The maximum atomic E-state index is 5.91. The Kier molecular flexibility index (Phi) is 9.05. The molecule has 0 bridgehead atoms. The normalized spacial score (nSPS) is 12.3. The molecule has 0 aliphatic heterocycles. The van der Waals surface area contributed by atoms with Crippen molar-refractivity contribution in [2.45, 2.75) is 59.5 Å². The van der Waals surface area contributed by atoms with E-state index in [1.165, 1.54) is 25.7 Å². The lowest BCUT2D eigenvalue weighted by Crippen LogP contribution is -2.11. The van der Waals surface area contributed by atoms with Gasteiger partial charge in [-0.3, -0.25) is 0 Å². The van der Waals surface area contributed by atoms with Crippen LogP contribution in [0.15, 0.2) is 18.3 Å². The first-order valence-electron chi connectivity index (χ1n) is 8.07. The van der Waals surface area contributed by atoms with E-state index >= 15 is 0 Å². The molecular weight excluding hydrogens is 248 g/mol. The second-order valence-corrected chi connectivity index (χ2v) is 5.37. The Morgan fingerprint density at radius 3 is 2.80 bits per heavy atom. The van der Waals surface area contributed by atoms with Crippen LogP contribution in [0.25, 0.3) is 0 Å². The van der Waals surface area contributed by atoms with Gasteiger partial charge in [-0.1, -0.05) is 46.1 Å². The van der Waals surface area contributed by atoms with Crippen molar-refractivity contribution in [3.8, 4) is 0 Å². The van der Waals surface area contributed by atoms with E-state index in [4.69, 9.17) is 4.74 Å². The van der Waals surface area contributed by atoms with E-state index in [0.29, 0.717) is 12.5 Å². The largest absolute Gasteiger partial charge is 0.376 e. The van der Waals surface area contributed by atoms with Gasteiger partial charge in [0.15, 0.2) is 0 Å². The number of anilines is 1. The summed E-state index contributed by atoms with van der Waals surface area (Å²) in [5, 5.41) is 3.36. The van der Waals surface area contributed by atoms with Gasteiger partial charge < -0.3 is 10.1 Å². The Morgan fingerprint density at radius 1 is 1.25 bits per heavy atom. The zero-order chi connectivity index (χ0) is 14.6. The van der Waals surface area contributed by atoms with Crippen LogP contribution in [0.4, 0.5) is 5.82 Å². The van der Waals surface area contributed by atoms with Gasteiger partial charge in [0.1, 0.15) is 5.82 Å². The molecule has 1 atom stereocenters. The summed E-state index contributed by atoms with van der Waals surface area (Å²) < 4.78 is 5.91. The van der Waals surface area contributed by atoms with E-state index in [9.17, 15) is 0 Å². The Labute approximate surface area is 124 Å². The van der Waals surface area contributed by atoms with Gasteiger partial charge in [0, 0.05) is 24.9 Å². The molecule has 0 saturated heterocycles.